The van der Waals surface area contributed by atoms with Crippen LogP contribution in [0.1, 0.15) is 10.9 Å². The molecule has 178 valence electrons. The smallest absolute Gasteiger partial charge is 0.320 e. The highest BCUT2D eigenvalue weighted by Crippen LogP contribution is 2.25. The fourth-order valence-electron chi connectivity index (χ4n) is 3.58. The molecule has 9 nitrogen and oxygen atoms in total. The van der Waals surface area contributed by atoms with Crippen LogP contribution in [-0.2, 0) is 4.79 Å². The molecule has 1 unspecified atom stereocenters. The number of nitrogens with one attached hydrogen (secondary N) is 3. The van der Waals surface area contributed by atoms with Gasteiger partial charge in [-0.2, -0.15) is 5.26 Å². The molecule has 2 heterocycles. The Kier molecular flexibility index (Phi) is 7.50. The molecule has 3 aromatic rings. The van der Waals surface area contributed by atoms with Gasteiger partial charge >= 0.3 is 6.03 Å². The summed E-state index contributed by atoms with van der Waals surface area (Å²) in [4.78, 5) is 34.2. The molecule has 0 radical (unpaired) electrons. The van der Waals surface area contributed by atoms with Gasteiger partial charge in [-0.25, -0.2) is 4.79 Å². The normalized spacial score (nSPS) is 14.9. The molecule has 2 aromatic carbocycles. The lowest BCUT2D eigenvalue weighted by Gasteiger charge is -2.20. The number of thiophene rings is 1. The first-order valence-corrected chi connectivity index (χ1v) is 11.9. The van der Waals surface area contributed by atoms with Gasteiger partial charge in [-0.15, -0.1) is 16.3 Å². The van der Waals surface area contributed by atoms with Crippen molar-refractivity contribution in [1.82, 2.24) is 10.2 Å². The molecule has 1 aromatic heterocycles. The SMILES string of the molecule is CN1CCN(c2ccc(NC(=O)C(NC(=O)Nc3ccc(Cl)cc3)c3cccs3)cc2)C1=NC#N. The summed E-state index contributed by atoms with van der Waals surface area (Å²) in [5, 5.41) is 19.7. The van der Waals surface area contributed by atoms with Gasteiger partial charge in [0.25, 0.3) is 5.91 Å². The van der Waals surface area contributed by atoms with Crippen LogP contribution in [-0.4, -0.2) is 42.9 Å². The molecule has 1 fully saturated rings. The number of rotatable bonds is 6. The van der Waals surface area contributed by atoms with Crippen LogP contribution in [0.3, 0.4) is 0 Å². The topological polar surface area (TPSA) is 113 Å². The number of hydrogen-bond donors (Lipinski definition) is 3. The standard InChI is InChI=1S/C24H22ClN7O2S/c1-31-12-13-32(24(31)27-15-26)19-10-8-17(9-11-19)28-22(33)21(20-3-2-14-35-20)30-23(34)29-18-6-4-16(25)5-7-18/h2-11,14,21H,12-13H2,1H3,(H,28,33)(H2,29,30,34). The summed E-state index contributed by atoms with van der Waals surface area (Å²) < 4.78 is 0. The van der Waals surface area contributed by atoms with Crippen molar-refractivity contribution in [2.45, 2.75) is 6.04 Å². The minimum absolute atomic E-state index is 0.376. The van der Waals surface area contributed by atoms with Crippen LogP contribution in [0.15, 0.2) is 71.0 Å². The summed E-state index contributed by atoms with van der Waals surface area (Å²) in [6.45, 7) is 1.46. The fourth-order valence-corrected chi connectivity index (χ4v) is 4.48. The Labute approximate surface area is 211 Å². The third kappa shape index (κ3) is 5.90. The van der Waals surface area contributed by atoms with Crippen molar-refractivity contribution in [3.05, 3.63) is 75.9 Å². The van der Waals surface area contributed by atoms with Gasteiger partial charge in [0, 0.05) is 47.1 Å². The van der Waals surface area contributed by atoms with Gasteiger partial charge in [-0.1, -0.05) is 17.7 Å². The van der Waals surface area contributed by atoms with E-state index in [1.807, 2.05) is 46.6 Å². The Balaban J connectivity index is 1.44. The first kappa shape index (κ1) is 24.1. The number of halogens is 1. The average molecular weight is 508 g/mol. The van der Waals surface area contributed by atoms with Crippen LogP contribution in [0, 0.1) is 11.5 Å². The Morgan fingerprint density at radius 1 is 1.06 bits per heavy atom. The summed E-state index contributed by atoms with van der Waals surface area (Å²) in [6.07, 6.45) is 1.84. The predicted octanol–water partition coefficient (Wildman–Crippen LogP) is 4.49. The van der Waals surface area contributed by atoms with Gasteiger partial charge in [-0.05, 0) is 60.0 Å². The van der Waals surface area contributed by atoms with Crippen LogP contribution in [0.2, 0.25) is 5.02 Å². The first-order valence-electron chi connectivity index (χ1n) is 10.7. The van der Waals surface area contributed by atoms with Crippen molar-refractivity contribution < 1.29 is 9.59 Å². The number of amides is 3. The van der Waals surface area contributed by atoms with Crippen molar-refractivity contribution in [2.75, 3.05) is 35.7 Å². The van der Waals surface area contributed by atoms with E-state index >= 15 is 0 Å². The van der Waals surface area contributed by atoms with Crippen molar-refractivity contribution in [3.8, 4) is 6.19 Å². The molecule has 3 N–H and O–H groups in total. The van der Waals surface area contributed by atoms with Gasteiger partial charge < -0.3 is 25.8 Å². The number of nitriles is 1. The number of carbonyl (C=O) groups is 2. The Bertz CT molecular complexity index is 1250. The fraction of sp³-hybridized carbons (Fsp3) is 0.167. The average Bonchev–Trinajstić information content (AvgIpc) is 3.50. The number of benzene rings is 2. The van der Waals surface area contributed by atoms with Crippen molar-refractivity contribution >= 4 is 57.9 Å². The number of guanidine groups is 1. The molecule has 11 heteroatoms. The highest BCUT2D eigenvalue weighted by molar-refractivity contribution is 7.10. The molecule has 1 atom stereocenters. The Morgan fingerprint density at radius 2 is 1.74 bits per heavy atom. The van der Waals surface area contributed by atoms with E-state index in [9.17, 15) is 9.59 Å². The predicted molar refractivity (Wildman–Crippen MR) is 139 cm³/mol. The number of aliphatic imine (C=N–C) groups is 1. The van der Waals surface area contributed by atoms with E-state index in [2.05, 4.69) is 20.9 Å². The van der Waals surface area contributed by atoms with Gasteiger partial charge in [0.1, 0.15) is 6.04 Å². The van der Waals surface area contributed by atoms with Crippen molar-refractivity contribution in [3.63, 3.8) is 0 Å². The molecule has 0 bridgehead atoms. The van der Waals surface area contributed by atoms with E-state index in [1.54, 1.807) is 42.5 Å². The molecule has 0 spiro atoms. The molecule has 1 saturated heterocycles. The summed E-state index contributed by atoms with van der Waals surface area (Å²) in [5.74, 6) is 0.206. The molecule has 4 rings (SSSR count). The van der Waals surface area contributed by atoms with Crippen molar-refractivity contribution in [1.29, 1.82) is 5.26 Å². The summed E-state index contributed by atoms with van der Waals surface area (Å²) in [6, 6.07) is 16.1. The Hall–Kier alpha value is -4.07. The number of urea groups is 1. The van der Waals surface area contributed by atoms with Gasteiger partial charge in [-0.3, -0.25) is 4.79 Å². The molecule has 3 amide bonds. The monoisotopic (exact) mass is 507 g/mol. The van der Waals surface area contributed by atoms with E-state index in [-0.39, 0.29) is 5.91 Å². The van der Waals surface area contributed by atoms with Crippen LogP contribution < -0.4 is 20.9 Å². The molecular weight excluding hydrogens is 486 g/mol. The third-order valence-corrected chi connectivity index (χ3v) is 6.49. The summed E-state index contributed by atoms with van der Waals surface area (Å²) in [5.41, 5.74) is 1.99. The van der Waals surface area contributed by atoms with Gasteiger partial charge in [0.05, 0.1) is 0 Å². The maximum Gasteiger partial charge on any atom is 0.320 e. The Morgan fingerprint density at radius 3 is 2.40 bits per heavy atom. The number of hydrogen-bond acceptors (Lipinski definition) is 5. The zero-order chi connectivity index (χ0) is 24.8. The van der Waals surface area contributed by atoms with Crippen LogP contribution in [0.25, 0.3) is 0 Å². The van der Waals surface area contributed by atoms with E-state index in [4.69, 9.17) is 16.9 Å². The second-order valence-corrected chi connectivity index (χ2v) is 9.09. The summed E-state index contributed by atoms with van der Waals surface area (Å²) >= 11 is 7.26. The molecule has 1 aliphatic rings. The quantitative estimate of drug-likeness (QED) is 0.425. The maximum absolute atomic E-state index is 13.1. The van der Waals surface area contributed by atoms with Crippen molar-refractivity contribution in [2.24, 2.45) is 4.99 Å². The lowest BCUT2D eigenvalue weighted by molar-refractivity contribution is -0.118. The van der Waals surface area contributed by atoms with Crippen LogP contribution >= 0.6 is 22.9 Å². The molecule has 0 aliphatic carbocycles. The number of carbonyl (C=O) groups excluding carboxylic acids is 2. The third-order valence-electron chi connectivity index (χ3n) is 5.31. The van der Waals surface area contributed by atoms with Gasteiger partial charge in [0.2, 0.25) is 12.2 Å². The maximum atomic E-state index is 13.1. The highest BCUT2D eigenvalue weighted by atomic mass is 35.5. The van der Waals surface area contributed by atoms with E-state index in [1.165, 1.54) is 11.3 Å². The first-order chi connectivity index (χ1) is 16.9. The lowest BCUT2D eigenvalue weighted by atomic mass is 10.2. The zero-order valence-corrected chi connectivity index (χ0v) is 20.3. The summed E-state index contributed by atoms with van der Waals surface area (Å²) in [7, 11) is 1.88. The van der Waals surface area contributed by atoms with E-state index in [0.29, 0.717) is 33.8 Å². The number of nitrogens with zero attached hydrogens (tertiary/aromatic N) is 4. The van der Waals surface area contributed by atoms with Crippen LogP contribution in [0.5, 0.6) is 0 Å². The van der Waals surface area contributed by atoms with E-state index in [0.717, 1.165) is 12.2 Å². The molecule has 35 heavy (non-hydrogen) atoms. The van der Waals surface area contributed by atoms with E-state index < -0.39 is 12.1 Å². The highest BCUT2D eigenvalue weighted by Gasteiger charge is 2.26. The van der Waals surface area contributed by atoms with Crippen LogP contribution in [0.4, 0.5) is 21.9 Å². The lowest BCUT2D eigenvalue weighted by Crippen LogP contribution is -2.39. The largest absolute Gasteiger partial charge is 0.343 e. The minimum Gasteiger partial charge on any atom is -0.343 e. The molecule has 0 saturated carbocycles. The van der Waals surface area contributed by atoms with Gasteiger partial charge in [0.15, 0.2) is 0 Å². The molecule has 1 aliphatic heterocycles. The zero-order valence-electron chi connectivity index (χ0n) is 18.7. The number of anilines is 3. The number of likely N-dealkylation sites (N-methyl/N-ethyl adjacent to an activating group) is 1. The molecular formula is C24H22ClN7O2S. The minimum atomic E-state index is -0.886. The second kappa shape index (κ2) is 10.9. The second-order valence-electron chi connectivity index (χ2n) is 7.67.